The van der Waals surface area contributed by atoms with Crippen LogP contribution in [-0.4, -0.2) is 46.2 Å². The number of fused-ring (bicyclic) bond motifs is 2. The second kappa shape index (κ2) is 8.85. The highest BCUT2D eigenvalue weighted by Gasteiger charge is 2.37. The van der Waals surface area contributed by atoms with E-state index in [4.69, 9.17) is 16.3 Å². The third kappa shape index (κ3) is 3.78. The standard InChI is InChI=1S/C24H17ClN4O4S/c1-33-18-9-8-17(25)21-20(18)27-24(34-21)28(12-14-5-4-10-26-11-14)19(30)13-29-22(31)15-6-2-3-7-16(15)23(29)32/h2-11H,12-13H2,1H3. The zero-order valence-electron chi connectivity index (χ0n) is 17.9. The lowest BCUT2D eigenvalue weighted by Gasteiger charge is -2.22. The molecule has 5 rings (SSSR count). The smallest absolute Gasteiger partial charge is 0.262 e. The van der Waals surface area contributed by atoms with Gasteiger partial charge < -0.3 is 4.74 Å². The molecule has 8 nitrogen and oxygen atoms in total. The Balaban J connectivity index is 1.52. The Labute approximate surface area is 203 Å². The molecule has 0 saturated carbocycles. The van der Waals surface area contributed by atoms with Gasteiger partial charge in [0.2, 0.25) is 5.91 Å². The van der Waals surface area contributed by atoms with E-state index in [1.54, 1.807) is 54.9 Å². The molecule has 0 bridgehead atoms. The van der Waals surface area contributed by atoms with Gasteiger partial charge in [-0.05, 0) is 35.9 Å². The molecule has 34 heavy (non-hydrogen) atoms. The van der Waals surface area contributed by atoms with Crippen molar-refractivity contribution in [3.05, 3.63) is 82.6 Å². The van der Waals surface area contributed by atoms with Crippen LogP contribution in [0, 0.1) is 0 Å². The first kappa shape index (κ1) is 22.0. The number of carbonyl (C=O) groups is 3. The summed E-state index contributed by atoms with van der Waals surface area (Å²) in [6.07, 6.45) is 3.28. The lowest BCUT2D eigenvalue weighted by Crippen LogP contribution is -2.42. The van der Waals surface area contributed by atoms with E-state index in [-0.39, 0.29) is 17.7 Å². The number of imide groups is 1. The minimum Gasteiger partial charge on any atom is -0.494 e. The van der Waals surface area contributed by atoms with Crippen LogP contribution in [0.4, 0.5) is 5.13 Å². The second-order valence-corrected chi connectivity index (χ2v) is 8.89. The maximum Gasteiger partial charge on any atom is 0.262 e. The Morgan fingerprint density at radius 3 is 2.47 bits per heavy atom. The zero-order valence-corrected chi connectivity index (χ0v) is 19.5. The van der Waals surface area contributed by atoms with Crippen LogP contribution >= 0.6 is 22.9 Å². The first-order valence-corrected chi connectivity index (χ1v) is 11.4. The number of anilines is 1. The van der Waals surface area contributed by atoms with E-state index in [2.05, 4.69) is 9.97 Å². The molecule has 0 spiro atoms. The summed E-state index contributed by atoms with van der Waals surface area (Å²) in [6, 6.07) is 13.5. The molecular weight excluding hydrogens is 476 g/mol. The Morgan fingerprint density at radius 2 is 1.82 bits per heavy atom. The normalized spacial score (nSPS) is 12.8. The van der Waals surface area contributed by atoms with Gasteiger partial charge in [0.1, 0.15) is 17.8 Å². The number of ether oxygens (including phenoxy) is 1. The Hall–Kier alpha value is -3.82. The average Bonchev–Trinajstić information content (AvgIpc) is 3.40. The van der Waals surface area contributed by atoms with Gasteiger partial charge in [-0.2, -0.15) is 0 Å². The maximum absolute atomic E-state index is 13.5. The fourth-order valence-electron chi connectivity index (χ4n) is 3.76. The van der Waals surface area contributed by atoms with Crippen LogP contribution in [0.15, 0.2) is 60.9 Å². The lowest BCUT2D eigenvalue weighted by atomic mass is 10.1. The number of aromatic nitrogens is 2. The van der Waals surface area contributed by atoms with Gasteiger partial charge in [-0.25, -0.2) is 4.98 Å². The average molecular weight is 493 g/mol. The third-order valence-corrected chi connectivity index (χ3v) is 6.97. The molecule has 1 aliphatic heterocycles. The predicted molar refractivity (Wildman–Crippen MR) is 128 cm³/mol. The highest BCUT2D eigenvalue weighted by Crippen LogP contribution is 2.39. The quantitative estimate of drug-likeness (QED) is 0.375. The van der Waals surface area contributed by atoms with Crippen molar-refractivity contribution in [2.45, 2.75) is 6.54 Å². The van der Waals surface area contributed by atoms with Crippen LogP contribution in [0.2, 0.25) is 5.02 Å². The summed E-state index contributed by atoms with van der Waals surface area (Å²) in [7, 11) is 1.53. The SMILES string of the molecule is COc1ccc(Cl)c2sc(N(Cc3cccnc3)C(=O)CN3C(=O)c4ccccc4C3=O)nc12. The number of amides is 3. The Bertz CT molecular complexity index is 1400. The van der Waals surface area contributed by atoms with Crippen LogP contribution in [0.1, 0.15) is 26.3 Å². The third-order valence-electron chi connectivity index (χ3n) is 5.43. The van der Waals surface area contributed by atoms with Crippen molar-refractivity contribution in [1.82, 2.24) is 14.9 Å². The summed E-state index contributed by atoms with van der Waals surface area (Å²) in [5.41, 5.74) is 1.86. The van der Waals surface area contributed by atoms with Crippen molar-refractivity contribution in [2.24, 2.45) is 0 Å². The van der Waals surface area contributed by atoms with E-state index >= 15 is 0 Å². The van der Waals surface area contributed by atoms with Crippen molar-refractivity contribution in [3.8, 4) is 5.75 Å². The molecule has 3 heterocycles. The van der Waals surface area contributed by atoms with Crippen molar-refractivity contribution in [3.63, 3.8) is 0 Å². The fourth-order valence-corrected chi connectivity index (χ4v) is 5.03. The van der Waals surface area contributed by atoms with Crippen molar-refractivity contribution < 1.29 is 19.1 Å². The molecule has 2 aromatic heterocycles. The highest BCUT2D eigenvalue weighted by atomic mass is 35.5. The van der Waals surface area contributed by atoms with E-state index in [0.29, 0.717) is 26.1 Å². The number of hydrogen-bond donors (Lipinski definition) is 0. The maximum atomic E-state index is 13.5. The summed E-state index contributed by atoms with van der Waals surface area (Å²) in [5.74, 6) is -0.933. The molecule has 10 heteroatoms. The van der Waals surface area contributed by atoms with Gasteiger partial charge in [0.05, 0.1) is 34.5 Å². The van der Waals surface area contributed by atoms with Crippen LogP contribution in [0.25, 0.3) is 10.2 Å². The number of benzene rings is 2. The largest absolute Gasteiger partial charge is 0.494 e. The second-order valence-electron chi connectivity index (χ2n) is 7.51. The van der Waals surface area contributed by atoms with Crippen LogP contribution in [-0.2, 0) is 11.3 Å². The first-order chi connectivity index (χ1) is 16.5. The number of thiazole rings is 1. The molecule has 0 radical (unpaired) electrons. The van der Waals surface area contributed by atoms with Crippen molar-refractivity contribution in [2.75, 3.05) is 18.6 Å². The number of methoxy groups -OCH3 is 1. The van der Waals surface area contributed by atoms with E-state index in [1.165, 1.54) is 23.3 Å². The molecule has 3 amide bonds. The minimum atomic E-state index is -0.496. The van der Waals surface area contributed by atoms with E-state index in [1.807, 2.05) is 6.07 Å². The summed E-state index contributed by atoms with van der Waals surface area (Å²) >= 11 is 7.60. The van der Waals surface area contributed by atoms with Gasteiger partial charge in [0.25, 0.3) is 11.8 Å². The Morgan fingerprint density at radius 1 is 1.09 bits per heavy atom. The number of pyridine rings is 1. The van der Waals surface area contributed by atoms with Crippen molar-refractivity contribution in [1.29, 1.82) is 0 Å². The first-order valence-electron chi connectivity index (χ1n) is 10.3. The van der Waals surface area contributed by atoms with Crippen LogP contribution < -0.4 is 9.64 Å². The molecule has 0 fully saturated rings. The number of nitrogens with zero attached hydrogens (tertiary/aromatic N) is 4. The van der Waals surface area contributed by atoms with Crippen LogP contribution in [0.5, 0.6) is 5.75 Å². The summed E-state index contributed by atoms with van der Waals surface area (Å²) in [6.45, 7) is -0.275. The molecule has 0 unspecified atom stereocenters. The van der Waals surface area contributed by atoms with Gasteiger partial charge in [-0.15, -0.1) is 0 Å². The van der Waals surface area contributed by atoms with Crippen LogP contribution in [0.3, 0.4) is 0 Å². The lowest BCUT2D eigenvalue weighted by molar-refractivity contribution is -0.119. The van der Waals surface area contributed by atoms with Gasteiger partial charge in [-0.3, -0.25) is 29.2 Å². The highest BCUT2D eigenvalue weighted by molar-refractivity contribution is 7.23. The molecule has 1 aliphatic rings. The van der Waals surface area contributed by atoms with E-state index < -0.39 is 24.3 Å². The van der Waals surface area contributed by atoms with Crippen molar-refractivity contribution >= 4 is 56.0 Å². The number of hydrogen-bond acceptors (Lipinski definition) is 7. The molecule has 0 atom stereocenters. The number of rotatable bonds is 6. The molecule has 2 aromatic carbocycles. The number of carbonyl (C=O) groups excluding carboxylic acids is 3. The van der Waals surface area contributed by atoms with E-state index in [9.17, 15) is 14.4 Å². The summed E-state index contributed by atoms with van der Waals surface area (Å²) in [5, 5.41) is 0.848. The summed E-state index contributed by atoms with van der Waals surface area (Å²) in [4.78, 5) is 50.3. The molecule has 170 valence electrons. The van der Waals surface area contributed by atoms with Gasteiger partial charge in [-0.1, -0.05) is 41.1 Å². The molecular formula is C24H17ClN4O4S. The molecule has 0 N–H and O–H groups in total. The fraction of sp³-hybridized carbons (Fsp3) is 0.125. The van der Waals surface area contributed by atoms with Gasteiger partial charge in [0.15, 0.2) is 5.13 Å². The monoisotopic (exact) mass is 492 g/mol. The minimum absolute atomic E-state index is 0.148. The molecule has 4 aromatic rings. The zero-order chi connectivity index (χ0) is 23.8. The molecule has 0 aliphatic carbocycles. The topological polar surface area (TPSA) is 92.7 Å². The number of halogens is 1. The predicted octanol–water partition coefficient (Wildman–Crippen LogP) is 4.18. The van der Waals surface area contributed by atoms with Gasteiger partial charge >= 0.3 is 0 Å². The molecule has 0 saturated heterocycles. The van der Waals surface area contributed by atoms with E-state index in [0.717, 1.165) is 10.5 Å². The Kier molecular flexibility index (Phi) is 5.72. The van der Waals surface area contributed by atoms with Gasteiger partial charge in [0, 0.05) is 12.4 Å². The summed E-state index contributed by atoms with van der Waals surface area (Å²) < 4.78 is 6.07.